The van der Waals surface area contributed by atoms with E-state index in [1.54, 1.807) is 18.2 Å². The van der Waals surface area contributed by atoms with Crippen LogP contribution in [0.1, 0.15) is 33.1 Å². The molecule has 1 saturated carbocycles. The van der Waals surface area contributed by atoms with Gasteiger partial charge in [0.05, 0.1) is 4.90 Å². The number of sulfonamides is 1. The second kappa shape index (κ2) is 6.46. The average molecular weight is 425 g/mol. The van der Waals surface area contributed by atoms with E-state index < -0.39 is 10.0 Å². The monoisotopic (exact) mass is 423 g/mol. The predicted octanol–water partition coefficient (Wildman–Crippen LogP) is 4.31. The highest BCUT2D eigenvalue weighted by molar-refractivity contribution is 9.11. The minimum absolute atomic E-state index is 0.0340. The van der Waals surface area contributed by atoms with Crippen LogP contribution >= 0.6 is 31.9 Å². The molecule has 0 heterocycles. The van der Waals surface area contributed by atoms with Gasteiger partial charge in [-0.2, -0.15) is 0 Å². The molecule has 1 aliphatic carbocycles. The average Bonchev–Trinajstić information content (AvgIpc) is 2.32. The molecule has 112 valence electrons. The zero-order chi connectivity index (χ0) is 14.9. The van der Waals surface area contributed by atoms with Crippen LogP contribution in [0.25, 0.3) is 0 Å². The largest absolute Gasteiger partial charge is 0.241 e. The summed E-state index contributed by atoms with van der Waals surface area (Å²) in [5.74, 6) is 1.06. The second-order valence-corrected chi connectivity index (χ2v) is 9.15. The first kappa shape index (κ1) is 16.5. The van der Waals surface area contributed by atoms with Crippen LogP contribution in [0.3, 0.4) is 0 Å². The third-order valence-corrected chi connectivity index (χ3v) is 6.88. The van der Waals surface area contributed by atoms with Gasteiger partial charge in [0.15, 0.2) is 0 Å². The Morgan fingerprint density at radius 3 is 2.50 bits per heavy atom. The second-order valence-electron chi connectivity index (χ2n) is 5.70. The van der Waals surface area contributed by atoms with Crippen LogP contribution in [0.15, 0.2) is 32.0 Å². The van der Waals surface area contributed by atoms with E-state index in [1.807, 2.05) is 0 Å². The standard InChI is InChI=1S/C14H19Br2NO2S/c1-9-3-5-13(10(2)7-9)17-20(18,19)14-6-4-11(15)8-12(14)16/h4,6,8-10,13,17H,3,5,7H2,1-2H3. The lowest BCUT2D eigenvalue weighted by molar-refractivity contribution is 0.249. The molecular formula is C14H19Br2NO2S. The van der Waals surface area contributed by atoms with E-state index in [4.69, 9.17) is 0 Å². The summed E-state index contributed by atoms with van der Waals surface area (Å²) in [6, 6.07) is 5.14. The van der Waals surface area contributed by atoms with Crippen LogP contribution < -0.4 is 4.72 Å². The summed E-state index contributed by atoms with van der Waals surface area (Å²) < 4.78 is 29.3. The topological polar surface area (TPSA) is 46.2 Å². The van der Waals surface area contributed by atoms with Crippen LogP contribution in [0.4, 0.5) is 0 Å². The van der Waals surface area contributed by atoms with Gasteiger partial charge >= 0.3 is 0 Å². The van der Waals surface area contributed by atoms with Gasteiger partial charge in [-0.1, -0.05) is 29.8 Å². The first-order valence-corrected chi connectivity index (χ1v) is 9.84. The van der Waals surface area contributed by atoms with Crippen molar-refractivity contribution < 1.29 is 8.42 Å². The van der Waals surface area contributed by atoms with E-state index >= 15 is 0 Å². The Morgan fingerprint density at radius 1 is 1.20 bits per heavy atom. The van der Waals surface area contributed by atoms with E-state index in [1.165, 1.54) is 0 Å². The Labute approximate surface area is 137 Å². The molecule has 6 heteroatoms. The fraction of sp³-hybridized carbons (Fsp3) is 0.571. The fourth-order valence-electron chi connectivity index (χ4n) is 2.80. The predicted molar refractivity (Wildman–Crippen MR) is 88.1 cm³/mol. The van der Waals surface area contributed by atoms with Gasteiger partial charge in [-0.25, -0.2) is 13.1 Å². The van der Waals surface area contributed by atoms with Crippen molar-refractivity contribution in [3.8, 4) is 0 Å². The smallest absolute Gasteiger partial charge is 0.208 e. The van der Waals surface area contributed by atoms with Crippen molar-refractivity contribution in [2.75, 3.05) is 0 Å². The number of halogens is 2. The molecule has 1 aliphatic rings. The van der Waals surface area contributed by atoms with Crippen LogP contribution in [-0.2, 0) is 10.0 Å². The normalized spacial score (nSPS) is 27.5. The lowest BCUT2D eigenvalue weighted by atomic mass is 9.80. The maximum atomic E-state index is 12.5. The zero-order valence-electron chi connectivity index (χ0n) is 11.6. The highest BCUT2D eigenvalue weighted by Crippen LogP contribution is 2.31. The minimum atomic E-state index is -3.48. The van der Waals surface area contributed by atoms with Crippen molar-refractivity contribution in [3.05, 3.63) is 27.1 Å². The lowest BCUT2D eigenvalue weighted by Gasteiger charge is -2.33. The molecule has 3 atom stereocenters. The maximum Gasteiger partial charge on any atom is 0.241 e. The quantitative estimate of drug-likeness (QED) is 0.785. The summed E-state index contributed by atoms with van der Waals surface area (Å²) in [6.07, 6.45) is 3.07. The van der Waals surface area contributed by atoms with E-state index in [0.717, 1.165) is 23.7 Å². The molecule has 0 aliphatic heterocycles. The molecule has 0 spiro atoms. The highest BCUT2D eigenvalue weighted by Gasteiger charge is 2.30. The molecule has 0 bridgehead atoms. The molecule has 3 nitrogen and oxygen atoms in total. The van der Waals surface area contributed by atoms with Crippen molar-refractivity contribution in [2.45, 2.75) is 44.0 Å². The molecule has 0 radical (unpaired) electrons. The molecule has 1 N–H and O–H groups in total. The van der Waals surface area contributed by atoms with Gasteiger partial charge in [-0.3, -0.25) is 0 Å². The summed E-state index contributed by atoms with van der Waals surface area (Å²) in [7, 11) is -3.48. The van der Waals surface area contributed by atoms with E-state index in [-0.39, 0.29) is 6.04 Å². The number of benzene rings is 1. The Balaban J connectivity index is 2.19. The molecule has 1 aromatic carbocycles. The summed E-state index contributed by atoms with van der Waals surface area (Å²) in [5.41, 5.74) is 0. The van der Waals surface area contributed by atoms with E-state index in [9.17, 15) is 8.42 Å². The van der Waals surface area contributed by atoms with E-state index in [2.05, 4.69) is 50.4 Å². The van der Waals surface area contributed by atoms with Crippen molar-refractivity contribution in [1.82, 2.24) is 4.72 Å². The molecule has 0 amide bonds. The molecule has 3 unspecified atom stereocenters. The van der Waals surface area contributed by atoms with Gasteiger partial charge in [0, 0.05) is 15.0 Å². The molecule has 20 heavy (non-hydrogen) atoms. The first-order chi connectivity index (χ1) is 9.29. The summed E-state index contributed by atoms with van der Waals surface area (Å²) in [6.45, 7) is 4.35. The summed E-state index contributed by atoms with van der Waals surface area (Å²) in [4.78, 5) is 0.298. The molecule has 2 rings (SSSR count). The lowest BCUT2D eigenvalue weighted by Crippen LogP contribution is -2.42. The van der Waals surface area contributed by atoms with Gasteiger partial charge < -0.3 is 0 Å². The van der Waals surface area contributed by atoms with Crippen LogP contribution in [0.5, 0.6) is 0 Å². The van der Waals surface area contributed by atoms with Crippen LogP contribution in [0, 0.1) is 11.8 Å². The van der Waals surface area contributed by atoms with Crippen LogP contribution in [0.2, 0.25) is 0 Å². The zero-order valence-corrected chi connectivity index (χ0v) is 15.6. The number of nitrogens with one attached hydrogen (secondary N) is 1. The number of hydrogen-bond acceptors (Lipinski definition) is 2. The van der Waals surface area contributed by atoms with Gasteiger partial charge in [0.2, 0.25) is 10.0 Å². The number of rotatable bonds is 3. The first-order valence-electron chi connectivity index (χ1n) is 6.77. The Bertz CT molecular complexity index is 589. The van der Waals surface area contributed by atoms with Crippen molar-refractivity contribution >= 4 is 41.9 Å². The Hall–Kier alpha value is 0.0900. The summed E-state index contributed by atoms with van der Waals surface area (Å²) in [5, 5.41) is 0. The Morgan fingerprint density at radius 2 is 1.90 bits per heavy atom. The molecule has 1 aromatic rings. The van der Waals surface area contributed by atoms with Gasteiger partial charge in [0.25, 0.3) is 0 Å². The van der Waals surface area contributed by atoms with Gasteiger partial charge in [0.1, 0.15) is 0 Å². The van der Waals surface area contributed by atoms with Crippen molar-refractivity contribution in [1.29, 1.82) is 0 Å². The Kier molecular flexibility index (Phi) is 5.32. The highest BCUT2D eigenvalue weighted by atomic mass is 79.9. The van der Waals surface area contributed by atoms with Gasteiger partial charge in [-0.15, -0.1) is 0 Å². The van der Waals surface area contributed by atoms with Crippen molar-refractivity contribution in [2.24, 2.45) is 11.8 Å². The van der Waals surface area contributed by atoms with Crippen molar-refractivity contribution in [3.63, 3.8) is 0 Å². The molecule has 0 aromatic heterocycles. The summed E-state index contributed by atoms with van der Waals surface area (Å²) >= 11 is 6.66. The molecular weight excluding hydrogens is 406 g/mol. The third kappa shape index (κ3) is 3.84. The van der Waals surface area contributed by atoms with Crippen LogP contribution in [-0.4, -0.2) is 14.5 Å². The maximum absolute atomic E-state index is 12.5. The minimum Gasteiger partial charge on any atom is -0.208 e. The number of hydrogen-bond donors (Lipinski definition) is 1. The molecule has 1 fully saturated rings. The fourth-order valence-corrected chi connectivity index (χ4v) is 5.92. The third-order valence-electron chi connectivity index (χ3n) is 3.92. The molecule has 0 saturated heterocycles. The SMILES string of the molecule is CC1CCC(NS(=O)(=O)c2ccc(Br)cc2Br)C(C)C1. The van der Waals surface area contributed by atoms with E-state index in [0.29, 0.717) is 21.2 Å². The van der Waals surface area contributed by atoms with Gasteiger partial charge in [-0.05, 0) is 65.2 Å².